The van der Waals surface area contributed by atoms with E-state index in [1.165, 1.54) is 50.1 Å². The van der Waals surface area contributed by atoms with Gasteiger partial charge in [-0.2, -0.15) is 0 Å². The van der Waals surface area contributed by atoms with E-state index in [0.29, 0.717) is 0 Å². The van der Waals surface area contributed by atoms with E-state index in [2.05, 4.69) is 89.2 Å². The molecule has 0 aliphatic carbocycles. The zero-order valence-corrected chi connectivity index (χ0v) is 16.8. The van der Waals surface area contributed by atoms with Crippen molar-refractivity contribution in [3.8, 4) is 0 Å². The van der Waals surface area contributed by atoms with Crippen LogP contribution in [0.15, 0.2) is 54.6 Å². The van der Waals surface area contributed by atoms with Crippen molar-refractivity contribution in [1.82, 2.24) is 0 Å². The maximum atomic E-state index is 2.39. The van der Waals surface area contributed by atoms with E-state index in [1.54, 1.807) is 0 Å². The lowest BCUT2D eigenvalue weighted by Crippen LogP contribution is -1.96. The van der Waals surface area contributed by atoms with Gasteiger partial charge in [0.2, 0.25) is 0 Å². The van der Waals surface area contributed by atoms with Crippen molar-refractivity contribution in [2.24, 2.45) is 0 Å². The second-order valence-corrected chi connectivity index (χ2v) is 7.86. The van der Waals surface area contributed by atoms with E-state index in [9.17, 15) is 0 Å². The summed E-state index contributed by atoms with van der Waals surface area (Å²) in [6.07, 6.45) is 3.11. The number of hydrogen-bond donors (Lipinski definition) is 0. The lowest BCUT2D eigenvalue weighted by atomic mass is 9.94. The first kappa shape index (κ1) is 18.5. The van der Waals surface area contributed by atoms with E-state index in [1.807, 2.05) is 0 Å². The van der Waals surface area contributed by atoms with Crippen LogP contribution in [0.2, 0.25) is 0 Å². The molecule has 0 saturated heterocycles. The van der Waals surface area contributed by atoms with Gasteiger partial charge in [0.15, 0.2) is 0 Å². The van der Waals surface area contributed by atoms with Gasteiger partial charge in [0.1, 0.15) is 0 Å². The summed E-state index contributed by atoms with van der Waals surface area (Å²) in [4.78, 5) is 0. The second-order valence-electron chi connectivity index (χ2n) is 7.86. The van der Waals surface area contributed by atoms with Gasteiger partial charge in [-0.1, -0.05) is 83.8 Å². The van der Waals surface area contributed by atoms with Crippen LogP contribution in [0.5, 0.6) is 0 Å². The van der Waals surface area contributed by atoms with Gasteiger partial charge < -0.3 is 0 Å². The van der Waals surface area contributed by atoms with Crippen molar-refractivity contribution in [3.05, 3.63) is 105 Å². The Morgan fingerprint density at radius 3 is 1.15 bits per heavy atom. The molecule has 0 bridgehead atoms. The van der Waals surface area contributed by atoms with Crippen molar-refractivity contribution in [3.63, 3.8) is 0 Å². The summed E-state index contributed by atoms with van der Waals surface area (Å²) in [5.74, 6) is 0. The van der Waals surface area contributed by atoms with Gasteiger partial charge >= 0.3 is 0 Å². The van der Waals surface area contributed by atoms with Gasteiger partial charge in [0, 0.05) is 0 Å². The quantitative estimate of drug-likeness (QED) is 0.486. The summed E-state index contributed by atoms with van der Waals surface area (Å²) in [5, 5.41) is 0. The third kappa shape index (κ3) is 4.85. The fraction of sp³-hybridized carbons (Fsp3) is 0.308. The molecule has 0 unspecified atom stereocenters. The monoisotopic (exact) mass is 342 g/mol. The minimum Gasteiger partial charge on any atom is -0.0613 e. The van der Waals surface area contributed by atoms with Crippen LogP contribution < -0.4 is 0 Å². The number of rotatable bonds is 5. The van der Waals surface area contributed by atoms with Crippen molar-refractivity contribution in [1.29, 1.82) is 0 Å². The summed E-state index contributed by atoms with van der Waals surface area (Å²) in [6.45, 7) is 11.0. The summed E-state index contributed by atoms with van der Waals surface area (Å²) < 4.78 is 0. The Morgan fingerprint density at radius 1 is 0.423 bits per heavy atom. The smallest absolute Gasteiger partial charge is 0.00254 e. The molecule has 0 fully saturated rings. The van der Waals surface area contributed by atoms with Crippen molar-refractivity contribution < 1.29 is 0 Å². The van der Waals surface area contributed by atoms with E-state index in [0.717, 1.165) is 19.3 Å². The number of benzene rings is 3. The molecule has 0 amide bonds. The van der Waals surface area contributed by atoms with Crippen LogP contribution in [0.4, 0.5) is 0 Å². The SMILES string of the molecule is CCc1cc(C)cc(Cc2cc(C)cc(Cc3cc(C)cc(C)c3)c2)c1. The van der Waals surface area contributed by atoms with Gasteiger partial charge in [0.05, 0.1) is 0 Å². The normalized spacial score (nSPS) is 11.0. The van der Waals surface area contributed by atoms with Crippen LogP contribution in [0.1, 0.15) is 57.0 Å². The van der Waals surface area contributed by atoms with Crippen LogP contribution in [-0.4, -0.2) is 0 Å². The molecule has 0 heterocycles. The molecule has 0 aliphatic rings. The minimum atomic E-state index is 1.01. The molecule has 26 heavy (non-hydrogen) atoms. The van der Waals surface area contributed by atoms with Gasteiger partial charge in [-0.3, -0.25) is 0 Å². The van der Waals surface area contributed by atoms with Crippen LogP contribution in [0, 0.1) is 27.7 Å². The van der Waals surface area contributed by atoms with E-state index in [4.69, 9.17) is 0 Å². The average molecular weight is 343 g/mol. The van der Waals surface area contributed by atoms with Crippen molar-refractivity contribution in [2.45, 2.75) is 53.9 Å². The van der Waals surface area contributed by atoms with Crippen LogP contribution in [0.3, 0.4) is 0 Å². The molecule has 3 rings (SSSR count). The Hall–Kier alpha value is -2.34. The zero-order chi connectivity index (χ0) is 18.7. The molecule has 0 atom stereocenters. The topological polar surface area (TPSA) is 0 Å². The van der Waals surface area contributed by atoms with Crippen molar-refractivity contribution >= 4 is 0 Å². The third-order valence-electron chi connectivity index (χ3n) is 4.90. The Morgan fingerprint density at radius 2 is 0.731 bits per heavy atom. The summed E-state index contributed by atoms with van der Waals surface area (Å²) in [5.41, 5.74) is 12.5. The molecular formula is C26H30. The largest absolute Gasteiger partial charge is 0.0613 e. The predicted molar refractivity (Wildman–Crippen MR) is 113 cm³/mol. The van der Waals surface area contributed by atoms with Crippen LogP contribution in [0.25, 0.3) is 0 Å². The molecule has 0 spiro atoms. The van der Waals surface area contributed by atoms with E-state index < -0.39 is 0 Å². The first-order valence-electron chi connectivity index (χ1n) is 9.67. The first-order chi connectivity index (χ1) is 12.4. The highest BCUT2D eigenvalue weighted by Crippen LogP contribution is 2.20. The highest BCUT2D eigenvalue weighted by Gasteiger charge is 2.05. The Kier molecular flexibility index (Phi) is 5.61. The standard InChI is InChI=1S/C26H30/c1-6-22-8-20(4)11-24(14-22)16-26-13-21(5)12-25(17-26)15-23-9-18(2)7-19(3)10-23/h7-14,17H,6,15-16H2,1-5H3. The summed E-state index contributed by atoms with van der Waals surface area (Å²) in [7, 11) is 0. The molecule has 0 aliphatic heterocycles. The van der Waals surface area contributed by atoms with Gasteiger partial charge in [-0.05, 0) is 74.8 Å². The molecule has 0 aromatic heterocycles. The number of aryl methyl sites for hydroxylation is 5. The van der Waals surface area contributed by atoms with Gasteiger partial charge in [-0.15, -0.1) is 0 Å². The fourth-order valence-corrected chi connectivity index (χ4v) is 4.05. The Labute approximate surface area is 158 Å². The highest BCUT2D eigenvalue weighted by atomic mass is 14.1. The molecule has 0 saturated carbocycles. The molecule has 3 aromatic carbocycles. The van der Waals surface area contributed by atoms with E-state index in [-0.39, 0.29) is 0 Å². The Balaban J connectivity index is 1.87. The minimum absolute atomic E-state index is 1.01. The van der Waals surface area contributed by atoms with Crippen LogP contribution >= 0.6 is 0 Å². The van der Waals surface area contributed by atoms with Gasteiger partial charge in [-0.25, -0.2) is 0 Å². The fourth-order valence-electron chi connectivity index (χ4n) is 4.05. The predicted octanol–water partition coefficient (Wildman–Crippen LogP) is 6.66. The number of hydrogen-bond acceptors (Lipinski definition) is 0. The molecule has 0 radical (unpaired) electrons. The molecule has 0 nitrogen and oxygen atoms in total. The molecule has 0 N–H and O–H groups in total. The molecular weight excluding hydrogens is 312 g/mol. The molecule has 0 heteroatoms. The summed E-state index contributed by atoms with van der Waals surface area (Å²) in [6, 6.07) is 20.9. The Bertz CT molecular complexity index is 895. The summed E-state index contributed by atoms with van der Waals surface area (Å²) >= 11 is 0. The lowest BCUT2D eigenvalue weighted by molar-refractivity contribution is 1.08. The van der Waals surface area contributed by atoms with Crippen LogP contribution in [-0.2, 0) is 19.3 Å². The highest BCUT2D eigenvalue weighted by molar-refractivity contribution is 5.39. The maximum Gasteiger partial charge on any atom is -0.00254 e. The molecule has 3 aromatic rings. The lowest BCUT2D eigenvalue weighted by Gasteiger charge is -2.11. The maximum absolute atomic E-state index is 2.39. The second kappa shape index (κ2) is 7.91. The first-order valence-corrected chi connectivity index (χ1v) is 9.67. The third-order valence-corrected chi connectivity index (χ3v) is 4.90. The zero-order valence-electron chi connectivity index (χ0n) is 16.8. The van der Waals surface area contributed by atoms with E-state index >= 15 is 0 Å². The van der Waals surface area contributed by atoms with Crippen molar-refractivity contribution in [2.75, 3.05) is 0 Å². The van der Waals surface area contributed by atoms with Gasteiger partial charge in [0.25, 0.3) is 0 Å². The molecule has 134 valence electrons. The average Bonchev–Trinajstić information content (AvgIpc) is 2.52.